The Morgan fingerprint density at radius 2 is 1.73 bits per heavy atom. The maximum absolute atomic E-state index is 12.8. The van der Waals surface area contributed by atoms with Crippen molar-refractivity contribution < 1.29 is 36.0 Å². The molecule has 2 amide bonds. The van der Waals surface area contributed by atoms with Crippen molar-refractivity contribution in [2.45, 2.75) is 25.1 Å². The summed E-state index contributed by atoms with van der Waals surface area (Å²) in [4.78, 5) is 35.7. The van der Waals surface area contributed by atoms with E-state index in [4.69, 9.17) is 0 Å². The van der Waals surface area contributed by atoms with E-state index in [0.29, 0.717) is 5.69 Å². The molecule has 12 heteroatoms. The van der Waals surface area contributed by atoms with Crippen molar-refractivity contribution >= 4 is 55.7 Å². The summed E-state index contributed by atoms with van der Waals surface area (Å²) in [5.74, 6) is -4.71. The Labute approximate surface area is 193 Å². The summed E-state index contributed by atoms with van der Waals surface area (Å²) < 4.78 is 59.5. The third kappa shape index (κ3) is 9.42. The van der Waals surface area contributed by atoms with Crippen molar-refractivity contribution in [1.29, 1.82) is 0 Å². The Balaban J connectivity index is 2.01. The van der Waals surface area contributed by atoms with Gasteiger partial charge in [0.15, 0.2) is 9.84 Å². The molecule has 0 spiro atoms. The Hall–Kier alpha value is -2.60. The van der Waals surface area contributed by atoms with Gasteiger partial charge in [-0.1, -0.05) is 30.3 Å². The highest BCUT2D eigenvalue weighted by Gasteiger charge is 2.37. The van der Waals surface area contributed by atoms with Gasteiger partial charge in [-0.3, -0.25) is 14.4 Å². The molecule has 1 atom stereocenters. The lowest BCUT2D eigenvalue weighted by Gasteiger charge is -2.18. The minimum Gasteiger partial charge on any atom is -0.343 e. The Morgan fingerprint density at radius 1 is 1.06 bits per heavy atom. The number of carbonyl (C=O) groups is 3. The zero-order chi connectivity index (χ0) is 24.6. The van der Waals surface area contributed by atoms with Gasteiger partial charge in [0, 0.05) is 11.9 Å². The lowest BCUT2D eigenvalue weighted by molar-refractivity contribution is -0.167. The Morgan fingerprint density at radius 3 is 2.36 bits per heavy atom. The van der Waals surface area contributed by atoms with Crippen LogP contribution in [0.2, 0.25) is 0 Å². The molecule has 2 N–H and O–H groups in total. The molecule has 0 fully saturated rings. The van der Waals surface area contributed by atoms with E-state index in [1.807, 2.05) is 24.3 Å². The van der Waals surface area contributed by atoms with E-state index < -0.39 is 51.2 Å². The molecule has 0 radical (unpaired) electrons. The topological polar surface area (TPSA) is 109 Å². The van der Waals surface area contributed by atoms with E-state index in [1.165, 1.54) is 0 Å². The number of alkyl halides is 3. The maximum atomic E-state index is 12.8. The number of amides is 2. The highest BCUT2D eigenvalue weighted by Crippen LogP contribution is 2.21. The van der Waals surface area contributed by atoms with Crippen LogP contribution >= 0.6 is 11.8 Å². The van der Waals surface area contributed by atoms with Crippen LogP contribution in [-0.2, 0) is 24.2 Å². The van der Waals surface area contributed by atoms with Crippen LogP contribution in [0.15, 0.2) is 42.5 Å². The molecule has 0 aromatic heterocycles. The second-order valence-corrected chi connectivity index (χ2v) is 10.6. The smallest absolute Gasteiger partial charge is 0.343 e. The molecule has 2 aromatic carbocycles. The average molecular weight is 505 g/mol. The lowest BCUT2D eigenvalue weighted by Crippen LogP contribution is -2.45. The molecule has 2 rings (SSSR count). The second kappa shape index (κ2) is 11.5. The molecule has 7 nitrogen and oxygen atoms in total. The van der Waals surface area contributed by atoms with Crippen LogP contribution in [0.1, 0.15) is 12.8 Å². The van der Waals surface area contributed by atoms with Gasteiger partial charge < -0.3 is 10.6 Å². The predicted octanol–water partition coefficient (Wildman–Crippen LogP) is 2.95. The standard InChI is InChI=1S/C21H23F3N2O5S2/c1-33(30,31)13-19(28)26-17(7-4-10-32-12-18(27)21(22,23)24)20(29)25-16-9-8-14-5-2-3-6-15(14)11-16/h2-3,5-6,8-9,11,17H,4,7,10,12-13H2,1H3,(H,25,29)(H,26,28)/t17-/m0/s1. The fraction of sp³-hybridized carbons (Fsp3) is 0.381. The molecule has 0 unspecified atom stereocenters. The molecule has 0 aliphatic carbocycles. The van der Waals surface area contributed by atoms with Crippen LogP contribution in [0.5, 0.6) is 0 Å². The van der Waals surface area contributed by atoms with Crippen LogP contribution < -0.4 is 10.6 Å². The number of hydrogen-bond donors (Lipinski definition) is 2. The number of nitrogens with one attached hydrogen (secondary N) is 2. The van der Waals surface area contributed by atoms with Gasteiger partial charge in [-0.25, -0.2) is 8.42 Å². The predicted molar refractivity (Wildman–Crippen MR) is 122 cm³/mol. The molecule has 0 aliphatic rings. The molecule has 180 valence electrons. The van der Waals surface area contributed by atoms with Crippen molar-refractivity contribution in [2.75, 3.05) is 28.8 Å². The number of Topliss-reactive ketones (excluding diaryl/α,β-unsaturated/α-hetero) is 1. The summed E-state index contributed by atoms with van der Waals surface area (Å²) in [6.45, 7) is 0. The van der Waals surface area contributed by atoms with Gasteiger partial charge >= 0.3 is 6.18 Å². The van der Waals surface area contributed by atoms with Crippen LogP contribution in [0, 0.1) is 0 Å². The van der Waals surface area contributed by atoms with Crippen LogP contribution in [0.25, 0.3) is 10.8 Å². The third-order valence-corrected chi connectivity index (χ3v) is 6.22. The average Bonchev–Trinajstić information content (AvgIpc) is 2.70. The Kier molecular flexibility index (Phi) is 9.29. The second-order valence-electron chi connectivity index (χ2n) is 7.36. The highest BCUT2D eigenvalue weighted by atomic mass is 32.2. The first-order chi connectivity index (χ1) is 15.3. The number of thioether (sulfide) groups is 1. The Bertz CT molecular complexity index is 1120. The van der Waals surface area contributed by atoms with Crippen LogP contribution in [-0.4, -0.2) is 61.7 Å². The van der Waals surface area contributed by atoms with E-state index >= 15 is 0 Å². The molecule has 0 aliphatic heterocycles. The molecule has 0 saturated carbocycles. The fourth-order valence-corrected chi connectivity index (χ4v) is 4.30. The van der Waals surface area contributed by atoms with E-state index in [2.05, 4.69) is 10.6 Å². The number of sulfone groups is 1. The number of carbonyl (C=O) groups excluding carboxylic acids is 3. The summed E-state index contributed by atoms with van der Waals surface area (Å²) in [5.41, 5.74) is 0.464. The molecule has 2 aromatic rings. The normalized spacial score (nSPS) is 12.8. The van der Waals surface area contributed by atoms with Gasteiger partial charge in [0.2, 0.25) is 17.6 Å². The molecule has 33 heavy (non-hydrogen) atoms. The van der Waals surface area contributed by atoms with E-state index in [-0.39, 0.29) is 18.6 Å². The van der Waals surface area contributed by atoms with Gasteiger partial charge in [0.25, 0.3) is 0 Å². The summed E-state index contributed by atoms with van der Waals surface area (Å²) in [6, 6.07) is 11.6. The maximum Gasteiger partial charge on any atom is 0.450 e. The van der Waals surface area contributed by atoms with Gasteiger partial charge in [0.1, 0.15) is 11.8 Å². The van der Waals surface area contributed by atoms with Gasteiger partial charge in [-0.05, 0) is 41.5 Å². The van der Waals surface area contributed by atoms with Crippen molar-refractivity contribution in [1.82, 2.24) is 5.32 Å². The van der Waals surface area contributed by atoms with Gasteiger partial charge in [-0.15, -0.1) is 0 Å². The van der Waals surface area contributed by atoms with E-state index in [1.54, 1.807) is 18.2 Å². The largest absolute Gasteiger partial charge is 0.450 e. The highest BCUT2D eigenvalue weighted by molar-refractivity contribution is 7.99. The zero-order valence-electron chi connectivity index (χ0n) is 17.6. The van der Waals surface area contributed by atoms with Crippen LogP contribution in [0.3, 0.4) is 0 Å². The third-order valence-electron chi connectivity index (χ3n) is 4.39. The number of hydrogen-bond acceptors (Lipinski definition) is 6. The molecule has 0 saturated heterocycles. The minimum absolute atomic E-state index is 0.0438. The van der Waals surface area contributed by atoms with Crippen LogP contribution in [0.4, 0.5) is 18.9 Å². The van der Waals surface area contributed by atoms with Gasteiger partial charge in [0.05, 0.1) is 5.75 Å². The van der Waals surface area contributed by atoms with Crippen molar-refractivity contribution in [3.8, 4) is 0 Å². The first kappa shape index (κ1) is 26.7. The first-order valence-electron chi connectivity index (χ1n) is 9.80. The summed E-state index contributed by atoms with van der Waals surface area (Å²) >= 11 is 0.766. The number of rotatable bonds is 11. The van der Waals surface area contributed by atoms with Crippen molar-refractivity contribution in [3.63, 3.8) is 0 Å². The molecule has 0 heterocycles. The molecular formula is C21H23F3N2O5S2. The monoisotopic (exact) mass is 504 g/mol. The number of fused-ring (bicyclic) bond motifs is 1. The van der Waals surface area contributed by atoms with E-state index in [0.717, 1.165) is 28.8 Å². The number of halogens is 3. The van der Waals surface area contributed by atoms with Gasteiger partial charge in [-0.2, -0.15) is 24.9 Å². The first-order valence-corrected chi connectivity index (χ1v) is 13.0. The lowest BCUT2D eigenvalue weighted by atomic mass is 10.1. The van der Waals surface area contributed by atoms with Crippen molar-refractivity contribution in [3.05, 3.63) is 42.5 Å². The number of benzene rings is 2. The quantitative estimate of drug-likeness (QED) is 0.456. The molecular weight excluding hydrogens is 481 g/mol. The zero-order valence-corrected chi connectivity index (χ0v) is 19.3. The summed E-state index contributed by atoms with van der Waals surface area (Å²) in [5, 5.41) is 6.87. The van der Waals surface area contributed by atoms with Crippen molar-refractivity contribution in [2.24, 2.45) is 0 Å². The summed E-state index contributed by atoms with van der Waals surface area (Å²) in [6.07, 6.45) is -3.76. The number of anilines is 1. The minimum atomic E-state index is -4.89. The summed E-state index contributed by atoms with van der Waals surface area (Å²) in [7, 11) is -3.62. The molecule has 0 bridgehead atoms. The van der Waals surface area contributed by atoms with E-state index in [9.17, 15) is 36.0 Å². The SMILES string of the molecule is CS(=O)(=O)CC(=O)N[C@@H](CCCSCC(=O)C(F)(F)F)C(=O)Nc1ccc2ccccc2c1. The fourth-order valence-electron chi connectivity index (χ4n) is 2.88. The number of ketones is 1.